The van der Waals surface area contributed by atoms with E-state index in [0.717, 1.165) is 12.8 Å². The maximum atomic E-state index is 11.4. The molecule has 0 aliphatic heterocycles. The number of amidine groups is 1. The van der Waals surface area contributed by atoms with Crippen molar-refractivity contribution in [1.82, 2.24) is 10.6 Å². The zero-order valence-corrected chi connectivity index (χ0v) is 8.86. The highest BCUT2D eigenvalue weighted by atomic mass is 16.4. The van der Waals surface area contributed by atoms with Crippen molar-refractivity contribution < 1.29 is 10.0 Å². The van der Waals surface area contributed by atoms with Gasteiger partial charge in [0.25, 0.3) is 0 Å². The van der Waals surface area contributed by atoms with Crippen LogP contribution >= 0.6 is 0 Å². The number of oxime groups is 1. The Hall–Kier alpha value is -1.46. The number of nitrogens with two attached hydrogens (primary N) is 1. The van der Waals surface area contributed by atoms with Gasteiger partial charge < -0.3 is 21.6 Å². The Labute approximate surface area is 88.9 Å². The molecule has 86 valence electrons. The van der Waals surface area contributed by atoms with Gasteiger partial charge in [0.15, 0.2) is 5.84 Å². The van der Waals surface area contributed by atoms with Gasteiger partial charge in [0, 0.05) is 6.04 Å². The molecule has 0 heterocycles. The van der Waals surface area contributed by atoms with Gasteiger partial charge in [-0.25, -0.2) is 4.79 Å². The van der Waals surface area contributed by atoms with E-state index in [-0.39, 0.29) is 17.9 Å². The lowest BCUT2D eigenvalue weighted by molar-refractivity contribution is 0.236. The first-order chi connectivity index (χ1) is 7.13. The number of hydrogen-bond acceptors (Lipinski definition) is 3. The summed E-state index contributed by atoms with van der Waals surface area (Å²) >= 11 is 0. The highest BCUT2D eigenvalue weighted by Crippen LogP contribution is 2.17. The number of nitrogens with one attached hydrogen (secondary N) is 2. The zero-order chi connectivity index (χ0) is 11.3. The summed E-state index contributed by atoms with van der Waals surface area (Å²) in [5.74, 6) is -0.00317. The standard InChI is InChI=1S/C9H18N4O2/c1-6(8(10)13-15)11-9(14)12-7-4-2-3-5-7/h6-7,15H,2-5H2,1H3,(H2,10,13)(H2,11,12,14). The Kier molecular flexibility index (Phi) is 4.20. The molecule has 0 saturated heterocycles. The number of urea groups is 1. The summed E-state index contributed by atoms with van der Waals surface area (Å²) in [5, 5.41) is 16.7. The van der Waals surface area contributed by atoms with Crippen LogP contribution in [0.3, 0.4) is 0 Å². The third kappa shape index (κ3) is 3.65. The average Bonchev–Trinajstić information content (AvgIpc) is 2.68. The lowest BCUT2D eigenvalue weighted by Gasteiger charge is -2.16. The molecule has 1 atom stereocenters. The topological polar surface area (TPSA) is 99.7 Å². The SMILES string of the molecule is CC(NC(=O)NC1CCCC1)C(N)=NO. The second-order valence-electron chi connectivity index (χ2n) is 3.85. The highest BCUT2D eigenvalue weighted by molar-refractivity contribution is 5.89. The maximum absolute atomic E-state index is 11.4. The van der Waals surface area contributed by atoms with Crippen LogP contribution < -0.4 is 16.4 Å². The predicted octanol–water partition coefficient (Wildman–Crippen LogP) is 0.363. The molecule has 0 aromatic carbocycles. The molecule has 0 aromatic heterocycles. The Bertz CT molecular complexity index is 248. The van der Waals surface area contributed by atoms with Gasteiger partial charge in [-0.2, -0.15) is 0 Å². The summed E-state index contributed by atoms with van der Waals surface area (Å²) in [6.07, 6.45) is 4.40. The van der Waals surface area contributed by atoms with Gasteiger partial charge in [-0.1, -0.05) is 18.0 Å². The summed E-state index contributed by atoms with van der Waals surface area (Å²) < 4.78 is 0. The number of hydrogen-bond donors (Lipinski definition) is 4. The summed E-state index contributed by atoms with van der Waals surface area (Å²) in [7, 11) is 0. The van der Waals surface area contributed by atoms with Crippen molar-refractivity contribution in [3.05, 3.63) is 0 Å². The lowest BCUT2D eigenvalue weighted by Crippen LogP contribution is -2.49. The fourth-order valence-electron chi connectivity index (χ4n) is 1.65. The molecule has 0 bridgehead atoms. The van der Waals surface area contributed by atoms with E-state index in [2.05, 4.69) is 15.8 Å². The minimum atomic E-state index is -0.462. The van der Waals surface area contributed by atoms with Gasteiger partial charge in [0.1, 0.15) is 0 Å². The molecule has 1 aliphatic carbocycles. The Morgan fingerprint density at radius 3 is 2.67 bits per heavy atom. The van der Waals surface area contributed by atoms with Crippen LogP contribution in [-0.4, -0.2) is 29.2 Å². The summed E-state index contributed by atoms with van der Waals surface area (Å²) in [6.45, 7) is 1.66. The van der Waals surface area contributed by atoms with Gasteiger partial charge in [-0.15, -0.1) is 0 Å². The number of amides is 2. The Balaban J connectivity index is 2.28. The number of nitrogens with zero attached hydrogens (tertiary/aromatic N) is 1. The third-order valence-corrected chi connectivity index (χ3v) is 2.60. The lowest BCUT2D eigenvalue weighted by atomic mass is 10.2. The molecular weight excluding hydrogens is 196 g/mol. The monoisotopic (exact) mass is 214 g/mol. The minimum Gasteiger partial charge on any atom is -0.409 e. The van der Waals surface area contributed by atoms with Gasteiger partial charge in [0.2, 0.25) is 0 Å². The van der Waals surface area contributed by atoms with Crippen molar-refractivity contribution in [3.8, 4) is 0 Å². The highest BCUT2D eigenvalue weighted by Gasteiger charge is 2.18. The first kappa shape index (κ1) is 11.6. The van der Waals surface area contributed by atoms with Crippen molar-refractivity contribution in [2.24, 2.45) is 10.9 Å². The molecule has 2 amide bonds. The molecule has 6 heteroatoms. The van der Waals surface area contributed by atoms with Crippen LogP contribution in [0.4, 0.5) is 4.79 Å². The van der Waals surface area contributed by atoms with Crippen molar-refractivity contribution in [1.29, 1.82) is 0 Å². The molecule has 0 spiro atoms. The number of carbonyl (C=O) groups is 1. The quantitative estimate of drug-likeness (QED) is 0.236. The van der Waals surface area contributed by atoms with Crippen molar-refractivity contribution in [3.63, 3.8) is 0 Å². The van der Waals surface area contributed by atoms with E-state index in [4.69, 9.17) is 10.9 Å². The predicted molar refractivity (Wildman–Crippen MR) is 56.8 cm³/mol. The fourth-order valence-corrected chi connectivity index (χ4v) is 1.65. The van der Waals surface area contributed by atoms with E-state index in [1.54, 1.807) is 6.92 Å². The fraction of sp³-hybridized carbons (Fsp3) is 0.778. The normalized spacial score (nSPS) is 19.9. The maximum Gasteiger partial charge on any atom is 0.315 e. The molecule has 1 unspecified atom stereocenters. The second-order valence-corrected chi connectivity index (χ2v) is 3.85. The van der Waals surface area contributed by atoms with Crippen molar-refractivity contribution in [2.45, 2.75) is 44.7 Å². The molecule has 5 N–H and O–H groups in total. The molecule has 1 fully saturated rings. The van der Waals surface area contributed by atoms with Gasteiger partial charge in [0.05, 0.1) is 6.04 Å². The van der Waals surface area contributed by atoms with E-state index in [0.29, 0.717) is 0 Å². The van der Waals surface area contributed by atoms with Crippen molar-refractivity contribution >= 4 is 11.9 Å². The first-order valence-corrected chi connectivity index (χ1v) is 5.18. The minimum absolute atomic E-state index is 0.00317. The van der Waals surface area contributed by atoms with Crippen LogP contribution in [0.1, 0.15) is 32.6 Å². The zero-order valence-electron chi connectivity index (χ0n) is 8.86. The van der Waals surface area contributed by atoms with Gasteiger partial charge in [-0.05, 0) is 19.8 Å². The summed E-state index contributed by atoms with van der Waals surface area (Å²) in [4.78, 5) is 11.4. The summed E-state index contributed by atoms with van der Waals surface area (Å²) in [6, 6.07) is -0.457. The van der Waals surface area contributed by atoms with Crippen LogP contribution in [0.25, 0.3) is 0 Å². The summed E-state index contributed by atoms with van der Waals surface area (Å²) in [5.41, 5.74) is 5.33. The Morgan fingerprint density at radius 2 is 2.13 bits per heavy atom. The van der Waals surface area contributed by atoms with E-state index >= 15 is 0 Å². The van der Waals surface area contributed by atoms with Crippen LogP contribution in [0.15, 0.2) is 5.16 Å². The molecular formula is C9H18N4O2. The van der Waals surface area contributed by atoms with E-state index in [1.807, 2.05) is 0 Å². The first-order valence-electron chi connectivity index (χ1n) is 5.18. The molecule has 1 rings (SSSR count). The van der Waals surface area contributed by atoms with Crippen LogP contribution in [0.2, 0.25) is 0 Å². The number of rotatable bonds is 3. The molecule has 0 aromatic rings. The number of carbonyl (C=O) groups excluding carboxylic acids is 1. The van der Waals surface area contributed by atoms with Crippen molar-refractivity contribution in [2.75, 3.05) is 0 Å². The van der Waals surface area contributed by atoms with E-state index in [1.165, 1.54) is 12.8 Å². The van der Waals surface area contributed by atoms with Crippen LogP contribution in [-0.2, 0) is 0 Å². The van der Waals surface area contributed by atoms with Crippen LogP contribution in [0.5, 0.6) is 0 Å². The smallest absolute Gasteiger partial charge is 0.315 e. The molecule has 0 radical (unpaired) electrons. The molecule has 1 aliphatic rings. The second kappa shape index (κ2) is 5.43. The van der Waals surface area contributed by atoms with E-state index < -0.39 is 6.04 Å². The van der Waals surface area contributed by atoms with Gasteiger partial charge in [-0.3, -0.25) is 0 Å². The molecule has 1 saturated carbocycles. The third-order valence-electron chi connectivity index (χ3n) is 2.60. The average molecular weight is 214 g/mol. The molecule has 6 nitrogen and oxygen atoms in total. The van der Waals surface area contributed by atoms with E-state index in [9.17, 15) is 4.79 Å². The largest absolute Gasteiger partial charge is 0.409 e. The van der Waals surface area contributed by atoms with Crippen LogP contribution in [0, 0.1) is 0 Å². The molecule has 15 heavy (non-hydrogen) atoms. The Morgan fingerprint density at radius 1 is 1.53 bits per heavy atom. The van der Waals surface area contributed by atoms with Gasteiger partial charge >= 0.3 is 6.03 Å².